The summed E-state index contributed by atoms with van der Waals surface area (Å²) in [6.45, 7) is 3.49. The van der Waals surface area contributed by atoms with Crippen molar-refractivity contribution in [1.82, 2.24) is 9.88 Å². The number of nitrogens with zero attached hydrogens (tertiary/aromatic N) is 3. The molecule has 0 bridgehead atoms. The first-order chi connectivity index (χ1) is 21.5. The Balaban J connectivity index is 0.00000480. The number of rotatable bonds is 9. The number of nitrogens with one attached hydrogen (secondary N) is 2. The molecule has 1 aliphatic heterocycles. The standard InChI is InChI=1S/C33H34FN5O5S.ClH/c1-23(40)36-31-20-25(9-14-30(31)34)37-33(41)39(26-6-4-3-5-7-26)27-16-18-38(19-17-27)22-24-8-15-32(35-21-24)44-28-10-12-29(13-11-28)45(2,42)43;/h3-15,20-21,27H,16-19,22H2,1-2H3,(H,36,40)(H,37,41);1H. The molecule has 0 saturated carbocycles. The van der Waals surface area contributed by atoms with Crippen molar-refractivity contribution in [3.63, 3.8) is 0 Å². The maximum Gasteiger partial charge on any atom is 0.326 e. The van der Waals surface area contributed by atoms with Crippen molar-refractivity contribution in [3.05, 3.63) is 103 Å². The number of likely N-dealkylation sites (tertiary alicyclic amines) is 1. The van der Waals surface area contributed by atoms with E-state index >= 15 is 0 Å². The molecule has 46 heavy (non-hydrogen) atoms. The highest BCUT2D eigenvalue weighted by molar-refractivity contribution is 7.90. The molecule has 3 aromatic carbocycles. The van der Waals surface area contributed by atoms with Crippen LogP contribution in [0.15, 0.2) is 96.0 Å². The van der Waals surface area contributed by atoms with Gasteiger partial charge in [0.2, 0.25) is 11.8 Å². The van der Waals surface area contributed by atoms with Crippen LogP contribution in [0.4, 0.5) is 26.2 Å². The molecule has 1 aliphatic rings. The third-order valence-electron chi connectivity index (χ3n) is 7.38. The molecule has 1 aromatic heterocycles. The van der Waals surface area contributed by atoms with Gasteiger partial charge in [0, 0.05) is 62.5 Å². The van der Waals surface area contributed by atoms with Gasteiger partial charge in [-0.05, 0) is 73.0 Å². The summed E-state index contributed by atoms with van der Waals surface area (Å²) in [6.07, 6.45) is 4.39. The number of urea groups is 1. The van der Waals surface area contributed by atoms with Gasteiger partial charge >= 0.3 is 6.03 Å². The molecule has 242 valence electrons. The van der Waals surface area contributed by atoms with Gasteiger partial charge < -0.3 is 15.4 Å². The molecule has 2 N–H and O–H groups in total. The van der Waals surface area contributed by atoms with Crippen LogP contribution in [0.3, 0.4) is 0 Å². The average molecular weight is 668 g/mol. The number of ether oxygens (including phenoxy) is 1. The van der Waals surface area contributed by atoms with E-state index in [-0.39, 0.29) is 35.1 Å². The maximum atomic E-state index is 14.2. The highest BCUT2D eigenvalue weighted by atomic mass is 35.5. The zero-order chi connectivity index (χ0) is 32.0. The Morgan fingerprint density at radius 3 is 2.28 bits per heavy atom. The van der Waals surface area contributed by atoms with E-state index in [9.17, 15) is 22.4 Å². The number of pyridine rings is 1. The van der Waals surface area contributed by atoms with Crippen LogP contribution in [0.1, 0.15) is 25.3 Å². The molecule has 1 saturated heterocycles. The zero-order valence-electron chi connectivity index (χ0n) is 25.4. The third kappa shape index (κ3) is 9.03. The van der Waals surface area contributed by atoms with Crippen molar-refractivity contribution >= 4 is 51.2 Å². The van der Waals surface area contributed by atoms with Crippen molar-refractivity contribution < 1.29 is 27.1 Å². The number of hydrogen-bond acceptors (Lipinski definition) is 7. The van der Waals surface area contributed by atoms with Gasteiger partial charge in [-0.1, -0.05) is 24.3 Å². The predicted octanol–water partition coefficient (Wildman–Crippen LogP) is 6.50. The third-order valence-corrected chi connectivity index (χ3v) is 8.51. The van der Waals surface area contributed by atoms with E-state index in [1.807, 2.05) is 36.4 Å². The van der Waals surface area contributed by atoms with Crippen molar-refractivity contribution in [3.8, 4) is 11.6 Å². The highest BCUT2D eigenvalue weighted by Gasteiger charge is 2.29. The number of piperidine rings is 1. The quantitative estimate of drug-likeness (QED) is 0.209. The van der Waals surface area contributed by atoms with E-state index in [1.165, 1.54) is 37.3 Å². The Hall–Kier alpha value is -4.52. The number of hydrogen-bond donors (Lipinski definition) is 2. The van der Waals surface area contributed by atoms with Crippen LogP contribution in [0.2, 0.25) is 0 Å². The lowest BCUT2D eigenvalue weighted by atomic mass is 10.0. The first-order valence-electron chi connectivity index (χ1n) is 14.4. The topological polar surface area (TPSA) is 121 Å². The average Bonchev–Trinajstić information content (AvgIpc) is 3.01. The summed E-state index contributed by atoms with van der Waals surface area (Å²) in [4.78, 5) is 33.7. The molecule has 0 atom stereocenters. The number of para-hydroxylation sites is 1. The number of aromatic nitrogens is 1. The van der Waals surface area contributed by atoms with Gasteiger partial charge in [-0.3, -0.25) is 14.6 Å². The minimum absolute atomic E-state index is 0. The van der Waals surface area contributed by atoms with Gasteiger partial charge in [-0.25, -0.2) is 22.6 Å². The molecule has 0 radical (unpaired) electrons. The predicted molar refractivity (Wildman–Crippen MR) is 178 cm³/mol. The van der Waals surface area contributed by atoms with Crippen molar-refractivity contribution in [1.29, 1.82) is 0 Å². The Bertz CT molecular complexity index is 1750. The van der Waals surface area contributed by atoms with E-state index in [0.717, 1.165) is 43.4 Å². The minimum Gasteiger partial charge on any atom is -0.439 e. The second-order valence-corrected chi connectivity index (χ2v) is 12.9. The molecule has 0 spiro atoms. The molecule has 0 aliphatic carbocycles. The number of anilines is 3. The van der Waals surface area contributed by atoms with Crippen molar-refractivity contribution in [2.75, 3.05) is 34.9 Å². The Kier molecular flexibility index (Phi) is 11.3. The van der Waals surface area contributed by atoms with E-state index in [0.29, 0.717) is 23.9 Å². The Morgan fingerprint density at radius 2 is 1.67 bits per heavy atom. The van der Waals surface area contributed by atoms with Gasteiger partial charge in [-0.15, -0.1) is 12.4 Å². The fourth-order valence-electron chi connectivity index (χ4n) is 5.19. The van der Waals surface area contributed by atoms with Crippen LogP contribution in [0.5, 0.6) is 11.6 Å². The highest BCUT2D eigenvalue weighted by Crippen LogP contribution is 2.27. The lowest BCUT2D eigenvalue weighted by Gasteiger charge is -2.38. The lowest BCUT2D eigenvalue weighted by Crippen LogP contribution is -2.49. The summed E-state index contributed by atoms with van der Waals surface area (Å²) >= 11 is 0. The van der Waals surface area contributed by atoms with Crippen LogP contribution < -0.4 is 20.3 Å². The summed E-state index contributed by atoms with van der Waals surface area (Å²) in [5, 5.41) is 5.31. The van der Waals surface area contributed by atoms with E-state index in [1.54, 1.807) is 29.3 Å². The summed E-state index contributed by atoms with van der Waals surface area (Å²) in [7, 11) is -3.28. The second-order valence-electron chi connectivity index (χ2n) is 10.9. The van der Waals surface area contributed by atoms with Gasteiger partial charge in [0.05, 0.1) is 10.6 Å². The molecule has 3 amide bonds. The molecular formula is C33H35ClFN5O5S. The summed E-state index contributed by atoms with van der Waals surface area (Å²) in [5.74, 6) is -0.105. The summed E-state index contributed by atoms with van der Waals surface area (Å²) < 4.78 is 43.3. The largest absolute Gasteiger partial charge is 0.439 e. The molecule has 4 aromatic rings. The first kappa shape index (κ1) is 34.4. The molecule has 10 nitrogen and oxygen atoms in total. The van der Waals surface area contributed by atoms with E-state index in [2.05, 4.69) is 20.5 Å². The minimum atomic E-state index is -3.28. The number of carbonyl (C=O) groups is 2. The van der Waals surface area contributed by atoms with Crippen molar-refractivity contribution in [2.45, 2.75) is 37.2 Å². The smallest absolute Gasteiger partial charge is 0.326 e. The number of carbonyl (C=O) groups excluding carboxylic acids is 2. The molecular weight excluding hydrogens is 633 g/mol. The fourth-order valence-corrected chi connectivity index (χ4v) is 5.82. The lowest BCUT2D eigenvalue weighted by molar-refractivity contribution is -0.114. The van der Waals surface area contributed by atoms with Crippen LogP contribution in [0, 0.1) is 5.82 Å². The monoisotopic (exact) mass is 667 g/mol. The first-order valence-corrected chi connectivity index (χ1v) is 16.3. The van der Waals surface area contributed by atoms with Gasteiger partial charge in [0.25, 0.3) is 0 Å². The van der Waals surface area contributed by atoms with Gasteiger partial charge in [0.15, 0.2) is 9.84 Å². The number of benzene rings is 3. The fraction of sp³-hybridized carbons (Fsp3) is 0.242. The number of sulfone groups is 1. The van der Waals surface area contributed by atoms with Crippen LogP contribution in [-0.4, -0.2) is 55.6 Å². The second kappa shape index (κ2) is 15.2. The maximum absolute atomic E-state index is 14.2. The number of amides is 3. The molecule has 1 fully saturated rings. The summed E-state index contributed by atoms with van der Waals surface area (Å²) in [6, 6.07) is 23.0. The van der Waals surface area contributed by atoms with Crippen LogP contribution in [-0.2, 0) is 21.2 Å². The SMILES string of the molecule is CC(=O)Nc1cc(NC(=O)N(c2ccccc2)C2CCN(Cc3ccc(Oc4ccc(S(C)(=O)=O)cc4)nc3)CC2)ccc1F.Cl. The van der Waals surface area contributed by atoms with Crippen LogP contribution >= 0.6 is 12.4 Å². The molecule has 5 rings (SSSR count). The van der Waals surface area contributed by atoms with Gasteiger partial charge in [-0.2, -0.15) is 0 Å². The molecule has 13 heteroatoms. The molecule has 0 unspecified atom stereocenters. The normalized spacial score (nSPS) is 13.7. The Morgan fingerprint density at radius 1 is 0.978 bits per heavy atom. The molecule has 2 heterocycles. The number of halogens is 2. The van der Waals surface area contributed by atoms with Crippen LogP contribution in [0.25, 0.3) is 0 Å². The Labute approximate surface area is 273 Å². The summed E-state index contributed by atoms with van der Waals surface area (Å²) in [5.41, 5.74) is 2.13. The van der Waals surface area contributed by atoms with Crippen molar-refractivity contribution in [2.24, 2.45) is 0 Å². The van der Waals surface area contributed by atoms with E-state index in [4.69, 9.17) is 4.74 Å². The van der Waals surface area contributed by atoms with Gasteiger partial charge in [0.1, 0.15) is 11.6 Å². The van der Waals surface area contributed by atoms with E-state index < -0.39 is 21.6 Å². The zero-order valence-corrected chi connectivity index (χ0v) is 27.0.